The highest BCUT2D eigenvalue weighted by Crippen LogP contribution is 2.33. The molecule has 2 heterocycles. The lowest BCUT2D eigenvalue weighted by molar-refractivity contribution is -0.146. The summed E-state index contributed by atoms with van der Waals surface area (Å²) in [6, 6.07) is 3.21. The van der Waals surface area contributed by atoms with Crippen LogP contribution in [0.2, 0.25) is 0 Å². The number of carbonyl (C=O) groups is 2. The SMILES string of the molecule is COc1cc2c(cc1OC)CN(C(=O)C(=O)NC1CCS(=O)(=O)C1)CC2. The number of hydrogen-bond donors (Lipinski definition) is 1. The molecule has 0 saturated carbocycles. The van der Waals surface area contributed by atoms with Crippen molar-refractivity contribution in [3.05, 3.63) is 23.3 Å². The van der Waals surface area contributed by atoms with E-state index >= 15 is 0 Å². The van der Waals surface area contributed by atoms with Crippen LogP contribution in [0.15, 0.2) is 12.1 Å². The first-order valence-electron chi connectivity index (χ1n) is 8.37. The summed E-state index contributed by atoms with van der Waals surface area (Å²) in [5, 5.41) is 2.54. The molecule has 1 unspecified atom stereocenters. The van der Waals surface area contributed by atoms with E-state index in [1.54, 1.807) is 14.2 Å². The Kier molecular flexibility index (Phi) is 5.08. The van der Waals surface area contributed by atoms with E-state index < -0.39 is 27.7 Å². The van der Waals surface area contributed by atoms with Crippen LogP contribution in [0, 0.1) is 0 Å². The van der Waals surface area contributed by atoms with Gasteiger partial charge in [-0.3, -0.25) is 9.59 Å². The van der Waals surface area contributed by atoms with Crippen molar-refractivity contribution in [3.8, 4) is 11.5 Å². The molecule has 0 aliphatic carbocycles. The average molecular weight is 382 g/mol. The fourth-order valence-corrected chi connectivity index (χ4v) is 5.03. The zero-order valence-corrected chi connectivity index (χ0v) is 15.6. The summed E-state index contributed by atoms with van der Waals surface area (Å²) >= 11 is 0. The van der Waals surface area contributed by atoms with E-state index in [1.807, 2.05) is 12.1 Å². The van der Waals surface area contributed by atoms with Crippen molar-refractivity contribution in [2.24, 2.45) is 0 Å². The van der Waals surface area contributed by atoms with Crippen LogP contribution in [-0.4, -0.2) is 63.4 Å². The van der Waals surface area contributed by atoms with E-state index in [0.717, 1.165) is 11.1 Å². The number of methoxy groups -OCH3 is 2. The predicted octanol–water partition coefficient (Wildman–Crippen LogP) is -0.108. The number of amides is 2. The Balaban J connectivity index is 1.68. The number of sulfone groups is 1. The molecule has 8 nitrogen and oxygen atoms in total. The van der Waals surface area contributed by atoms with Crippen molar-refractivity contribution in [2.75, 3.05) is 32.3 Å². The molecule has 1 aromatic rings. The number of ether oxygens (including phenoxy) is 2. The van der Waals surface area contributed by atoms with E-state index in [-0.39, 0.29) is 11.5 Å². The van der Waals surface area contributed by atoms with E-state index in [2.05, 4.69) is 5.32 Å². The van der Waals surface area contributed by atoms with Gasteiger partial charge in [0.2, 0.25) is 0 Å². The summed E-state index contributed by atoms with van der Waals surface area (Å²) in [6.07, 6.45) is 0.952. The molecule has 1 fully saturated rings. The van der Waals surface area contributed by atoms with Crippen LogP contribution in [0.25, 0.3) is 0 Å². The Labute approximate surface area is 152 Å². The lowest BCUT2D eigenvalue weighted by atomic mass is 9.98. The minimum Gasteiger partial charge on any atom is -0.493 e. The van der Waals surface area contributed by atoms with Crippen LogP contribution < -0.4 is 14.8 Å². The summed E-state index contributed by atoms with van der Waals surface area (Å²) < 4.78 is 33.5. The predicted molar refractivity (Wildman–Crippen MR) is 93.9 cm³/mol. The number of carbonyl (C=O) groups excluding carboxylic acids is 2. The summed E-state index contributed by atoms with van der Waals surface area (Å²) in [4.78, 5) is 26.1. The van der Waals surface area contributed by atoms with E-state index in [1.165, 1.54) is 4.90 Å². The van der Waals surface area contributed by atoms with Gasteiger partial charge in [0.25, 0.3) is 0 Å². The number of benzene rings is 1. The van der Waals surface area contributed by atoms with Gasteiger partial charge >= 0.3 is 11.8 Å². The molecule has 1 saturated heterocycles. The topological polar surface area (TPSA) is 102 Å². The number of nitrogens with one attached hydrogen (secondary N) is 1. The molecule has 2 amide bonds. The standard InChI is InChI=1S/C17H22N2O6S/c1-24-14-7-11-3-5-19(9-12(11)8-15(14)25-2)17(21)16(20)18-13-4-6-26(22,23)10-13/h7-8,13H,3-6,9-10H2,1-2H3,(H,18,20). The molecule has 3 rings (SSSR count). The maximum atomic E-state index is 12.4. The van der Waals surface area contributed by atoms with Gasteiger partial charge in [-0.15, -0.1) is 0 Å². The van der Waals surface area contributed by atoms with E-state index in [9.17, 15) is 18.0 Å². The van der Waals surface area contributed by atoms with E-state index in [4.69, 9.17) is 9.47 Å². The van der Waals surface area contributed by atoms with Gasteiger partial charge in [0.1, 0.15) is 0 Å². The van der Waals surface area contributed by atoms with Crippen LogP contribution in [-0.2, 0) is 32.4 Å². The van der Waals surface area contributed by atoms with E-state index in [0.29, 0.717) is 37.4 Å². The monoisotopic (exact) mass is 382 g/mol. The Morgan fingerprint density at radius 2 is 1.81 bits per heavy atom. The fraction of sp³-hybridized carbons (Fsp3) is 0.529. The molecular weight excluding hydrogens is 360 g/mol. The van der Waals surface area contributed by atoms with Gasteiger partial charge < -0.3 is 19.7 Å². The third kappa shape index (κ3) is 3.77. The Morgan fingerprint density at radius 1 is 1.15 bits per heavy atom. The molecule has 2 aliphatic heterocycles. The molecular formula is C17H22N2O6S. The molecule has 9 heteroatoms. The van der Waals surface area contributed by atoms with Gasteiger partial charge in [-0.25, -0.2) is 8.42 Å². The van der Waals surface area contributed by atoms with Crippen LogP contribution in [0.3, 0.4) is 0 Å². The molecule has 1 atom stereocenters. The second-order valence-corrected chi connectivity index (χ2v) is 8.75. The summed E-state index contributed by atoms with van der Waals surface area (Å²) in [5.74, 6) is -0.255. The van der Waals surface area contributed by atoms with Gasteiger partial charge in [0.05, 0.1) is 25.7 Å². The number of nitrogens with zero attached hydrogens (tertiary/aromatic N) is 1. The quantitative estimate of drug-likeness (QED) is 0.732. The van der Waals surface area contributed by atoms with Crippen molar-refractivity contribution < 1.29 is 27.5 Å². The zero-order valence-electron chi connectivity index (χ0n) is 14.8. The maximum absolute atomic E-state index is 12.4. The van der Waals surface area contributed by atoms with Crippen LogP contribution >= 0.6 is 0 Å². The lowest BCUT2D eigenvalue weighted by Gasteiger charge is -2.29. The third-order valence-corrected chi connectivity index (χ3v) is 6.54. The zero-order chi connectivity index (χ0) is 18.9. The first-order chi connectivity index (χ1) is 12.3. The smallest absolute Gasteiger partial charge is 0.312 e. The van der Waals surface area contributed by atoms with Crippen molar-refractivity contribution in [1.29, 1.82) is 0 Å². The van der Waals surface area contributed by atoms with Crippen molar-refractivity contribution >= 4 is 21.7 Å². The molecule has 0 bridgehead atoms. The Bertz CT molecular complexity index is 836. The minimum absolute atomic E-state index is 0.0465. The van der Waals surface area contributed by atoms with Crippen molar-refractivity contribution in [1.82, 2.24) is 10.2 Å². The van der Waals surface area contributed by atoms with Gasteiger partial charge in [0.15, 0.2) is 21.3 Å². The van der Waals surface area contributed by atoms with Gasteiger partial charge in [0, 0.05) is 19.1 Å². The average Bonchev–Trinajstić information content (AvgIpc) is 2.97. The summed E-state index contributed by atoms with van der Waals surface area (Å²) in [5.41, 5.74) is 1.95. The number of hydrogen-bond acceptors (Lipinski definition) is 6. The Morgan fingerprint density at radius 3 is 2.38 bits per heavy atom. The largest absolute Gasteiger partial charge is 0.493 e. The fourth-order valence-electron chi connectivity index (χ4n) is 3.36. The molecule has 1 aromatic carbocycles. The highest BCUT2D eigenvalue weighted by Gasteiger charge is 2.32. The third-order valence-electron chi connectivity index (χ3n) is 4.77. The number of rotatable bonds is 3. The molecule has 2 aliphatic rings. The lowest BCUT2D eigenvalue weighted by Crippen LogP contribution is -2.48. The number of fused-ring (bicyclic) bond motifs is 1. The van der Waals surface area contributed by atoms with Crippen LogP contribution in [0.5, 0.6) is 11.5 Å². The molecule has 26 heavy (non-hydrogen) atoms. The van der Waals surface area contributed by atoms with Crippen molar-refractivity contribution in [3.63, 3.8) is 0 Å². The minimum atomic E-state index is -3.11. The Hall–Kier alpha value is -2.29. The molecule has 1 N–H and O–H groups in total. The summed E-state index contributed by atoms with van der Waals surface area (Å²) in [7, 11) is -0.00466. The second-order valence-electron chi connectivity index (χ2n) is 6.53. The highest BCUT2D eigenvalue weighted by molar-refractivity contribution is 7.91. The normalized spacial score (nSPS) is 21.0. The molecule has 0 aromatic heterocycles. The maximum Gasteiger partial charge on any atom is 0.312 e. The molecule has 0 radical (unpaired) electrons. The van der Waals surface area contributed by atoms with Crippen LogP contribution in [0.1, 0.15) is 17.5 Å². The second kappa shape index (κ2) is 7.14. The molecule has 142 valence electrons. The van der Waals surface area contributed by atoms with Crippen molar-refractivity contribution in [2.45, 2.75) is 25.4 Å². The first kappa shape index (κ1) is 18.5. The van der Waals surface area contributed by atoms with Gasteiger partial charge in [-0.1, -0.05) is 0 Å². The first-order valence-corrected chi connectivity index (χ1v) is 10.2. The van der Waals surface area contributed by atoms with Crippen LogP contribution in [0.4, 0.5) is 0 Å². The molecule has 0 spiro atoms. The summed E-state index contributed by atoms with van der Waals surface area (Å²) in [6.45, 7) is 0.711. The van der Waals surface area contributed by atoms with Gasteiger partial charge in [-0.05, 0) is 36.1 Å². The highest BCUT2D eigenvalue weighted by atomic mass is 32.2. The van der Waals surface area contributed by atoms with Gasteiger partial charge in [-0.2, -0.15) is 0 Å².